The highest BCUT2D eigenvalue weighted by Gasteiger charge is 2.29. The van der Waals surface area contributed by atoms with Crippen molar-refractivity contribution >= 4 is 28.3 Å². The molecule has 1 fully saturated rings. The van der Waals surface area contributed by atoms with Gasteiger partial charge in [-0.15, -0.1) is 11.8 Å². The number of anilines is 1. The Morgan fingerprint density at radius 1 is 1.04 bits per heavy atom. The smallest absolute Gasteiger partial charge is 0.160 e. The van der Waals surface area contributed by atoms with Crippen LogP contribution in [0.2, 0.25) is 0 Å². The van der Waals surface area contributed by atoms with Crippen molar-refractivity contribution in [3.8, 4) is 16.9 Å². The third-order valence-corrected chi connectivity index (χ3v) is 5.84. The maximum absolute atomic E-state index is 5.77. The zero-order valence-corrected chi connectivity index (χ0v) is 17.0. The van der Waals surface area contributed by atoms with Gasteiger partial charge in [-0.2, -0.15) is 0 Å². The van der Waals surface area contributed by atoms with Crippen LogP contribution >= 0.6 is 11.8 Å². The molecule has 5 nitrogen and oxygen atoms in total. The van der Waals surface area contributed by atoms with Crippen molar-refractivity contribution in [2.75, 3.05) is 31.9 Å². The van der Waals surface area contributed by atoms with Gasteiger partial charge < -0.3 is 14.8 Å². The molecule has 1 unspecified atom stereocenters. The van der Waals surface area contributed by atoms with Crippen molar-refractivity contribution in [2.45, 2.75) is 19.0 Å². The van der Waals surface area contributed by atoms with Gasteiger partial charge in [0, 0.05) is 24.7 Å². The minimum Gasteiger partial charge on any atom is -0.494 e. The summed E-state index contributed by atoms with van der Waals surface area (Å²) in [4.78, 5) is 9.77. The number of hydrogen-bond acceptors (Lipinski definition) is 6. The maximum atomic E-state index is 5.77. The van der Waals surface area contributed by atoms with Crippen molar-refractivity contribution in [1.29, 1.82) is 0 Å². The summed E-state index contributed by atoms with van der Waals surface area (Å²) in [7, 11) is 1.71. The quantitative estimate of drug-likeness (QED) is 0.815. The summed E-state index contributed by atoms with van der Waals surface area (Å²) < 4.78 is 11.3. The third kappa shape index (κ3) is 3.93. The van der Waals surface area contributed by atoms with E-state index in [0.717, 1.165) is 59.5 Å². The van der Waals surface area contributed by atoms with E-state index in [4.69, 9.17) is 19.5 Å². The normalized spacial score (nSPS) is 19.9. The molecule has 0 amide bonds. The molecule has 0 aromatic heterocycles. The molecular weight excluding hydrogens is 370 g/mol. The fraction of sp³-hybridized carbons (Fsp3) is 0.364. The summed E-state index contributed by atoms with van der Waals surface area (Å²) in [5.41, 5.74) is 3.07. The molecule has 4 rings (SSSR count). The average Bonchev–Trinajstić information content (AvgIpc) is 3.17. The molecule has 2 heterocycles. The second-order valence-electron chi connectivity index (χ2n) is 6.86. The molecule has 28 heavy (non-hydrogen) atoms. The highest BCUT2D eigenvalue weighted by atomic mass is 32.2. The Balaban J connectivity index is 1.62. The number of benzene rings is 2. The van der Waals surface area contributed by atoms with Crippen LogP contribution in [0.25, 0.3) is 11.1 Å². The molecular formula is C22H25N3O2S. The van der Waals surface area contributed by atoms with Crippen LogP contribution < -0.4 is 10.1 Å². The predicted octanol–water partition coefficient (Wildman–Crippen LogP) is 4.70. The van der Waals surface area contributed by atoms with E-state index < -0.39 is 0 Å². The summed E-state index contributed by atoms with van der Waals surface area (Å²) in [5, 5.41) is 4.43. The van der Waals surface area contributed by atoms with Crippen molar-refractivity contribution in [2.24, 2.45) is 15.9 Å². The Kier molecular flexibility index (Phi) is 5.98. The Labute approximate surface area is 170 Å². The topological polar surface area (TPSA) is 55.2 Å². The van der Waals surface area contributed by atoms with E-state index >= 15 is 0 Å². The van der Waals surface area contributed by atoms with E-state index in [-0.39, 0.29) is 6.17 Å². The van der Waals surface area contributed by atoms with Gasteiger partial charge in [0.1, 0.15) is 17.0 Å². The van der Waals surface area contributed by atoms with Gasteiger partial charge in [0.25, 0.3) is 0 Å². The zero-order chi connectivity index (χ0) is 19.3. The molecule has 1 N–H and O–H groups in total. The number of amidine groups is 1. The lowest BCUT2D eigenvalue weighted by atomic mass is 9.97. The Bertz CT molecular complexity index is 877. The number of aliphatic imine (C=N–C) groups is 2. The Morgan fingerprint density at radius 2 is 1.82 bits per heavy atom. The summed E-state index contributed by atoms with van der Waals surface area (Å²) in [5.74, 6) is 2.09. The first-order valence-corrected chi connectivity index (χ1v) is 10.8. The van der Waals surface area contributed by atoms with Crippen molar-refractivity contribution < 1.29 is 9.47 Å². The van der Waals surface area contributed by atoms with Gasteiger partial charge in [0.05, 0.1) is 12.8 Å². The summed E-state index contributed by atoms with van der Waals surface area (Å²) >= 11 is 1.63. The summed E-state index contributed by atoms with van der Waals surface area (Å²) in [6, 6.07) is 16.4. The number of methoxy groups -OCH3 is 1. The molecule has 2 aliphatic heterocycles. The number of hydrogen-bond donors (Lipinski definition) is 1. The first kappa shape index (κ1) is 19.0. The summed E-state index contributed by atoms with van der Waals surface area (Å²) in [6.07, 6.45) is 4.05. The average molecular weight is 396 g/mol. The Morgan fingerprint density at radius 3 is 2.54 bits per heavy atom. The fourth-order valence-corrected chi connectivity index (χ4v) is 4.20. The first-order chi connectivity index (χ1) is 13.8. The number of rotatable bonds is 4. The highest BCUT2D eigenvalue weighted by Crippen LogP contribution is 2.37. The fourth-order valence-electron chi connectivity index (χ4n) is 3.69. The van der Waals surface area contributed by atoms with Crippen LogP contribution in [0.15, 0.2) is 58.5 Å². The van der Waals surface area contributed by atoms with Gasteiger partial charge in [0.2, 0.25) is 0 Å². The van der Waals surface area contributed by atoms with Gasteiger partial charge in [-0.25, -0.2) is 9.98 Å². The lowest BCUT2D eigenvalue weighted by Gasteiger charge is -2.23. The van der Waals surface area contributed by atoms with E-state index in [1.165, 1.54) is 0 Å². The maximum Gasteiger partial charge on any atom is 0.160 e. The molecule has 0 bridgehead atoms. The second kappa shape index (κ2) is 8.80. The van der Waals surface area contributed by atoms with E-state index in [1.54, 1.807) is 18.9 Å². The van der Waals surface area contributed by atoms with Gasteiger partial charge >= 0.3 is 0 Å². The first-order valence-electron chi connectivity index (χ1n) is 9.57. The minimum atomic E-state index is -0.0165. The standard InChI is InChI=1S/C22H25N3O2S/c1-26-19-17(15-7-4-3-5-8-15)9-6-10-18(19)23-21-22(28-2)25-20(24-21)16-11-13-27-14-12-16/h3-10,16,20H,11-14H2,1-2H3,(H,23,24). The SMILES string of the molecule is COc1c(NC2=NC(C3CCOCC3)N=C2SC)cccc1-c1ccccc1. The van der Waals surface area contributed by atoms with E-state index in [0.29, 0.717) is 5.92 Å². The van der Waals surface area contributed by atoms with Crippen molar-refractivity contribution in [1.82, 2.24) is 0 Å². The van der Waals surface area contributed by atoms with Gasteiger partial charge in [-0.05, 0) is 30.7 Å². The molecule has 2 aromatic carbocycles. The molecule has 0 aliphatic carbocycles. The highest BCUT2D eigenvalue weighted by molar-refractivity contribution is 8.15. The lowest BCUT2D eigenvalue weighted by Crippen LogP contribution is -2.24. The third-order valence-electron chi connectivity index (χ3n) is 5.15. The summed E-state index contributed by atoms with van der Waals surface area (Å²) in [6.45, 7) is 1.60. The number of thioether (sulfide) groups is 1. The van der Waals surface area contributed by atoms with Crippen LogP contribution in [-0.2, 0) is 4.74 Å². The van der Waals surface area contributed by atoms with E-state index in [2.05, 4.69) is 23.5 Å². The largest absolute Gasteiger partial charge is 0.494 e. The molecule has 0 saturated carbocycles. The van der Waals surface area contributed by atoms with Gasteiger partial charge in [0.15, 0.2) is 5.84 Å². The van der Waals surface area contributed by atoms with Crippen LogP contribution in [-0.4, -0.2) is 43.6 Å². The van der Waals surface area contributed by atoms with E-state index in [9.17, 15) is 0 Å². The number of ether oxygens (including phenoxy) is 2. The Hall–Kier alpha value is -2.31. The molecule has 2 aliphatic rings. The van der Waals surface area contributed by atoms with Crippen LogP contribution in [0.5, 0.6) is 5.75 Å². The molecule has 0 spiro atoms. The monoisotopic (exact) mass is 395 g/mol. The molecule has 1 atom stereocenters. The van der Waals surface area contributed by atoms with Gasteiger partial charge in [-0.3, -0.25) is 0 Å². The van der Waals surface area contributed by atoms with Crippen LogP contribution in [0, 0.1) is 5.92 Å². The van der Waals surface area contributed by atoms with Crippen molar-refractivity contribution in [3.63, 3.8) is 0 Å². The van der Waals surface area contributed by atoms with Crippen LogP contribution in [0.4, 0.5) is 5.69 Å². The van der Waals surface area contributed by atoms with E-state index in [1.807, 2.05) is 36.6 Å². The second-order valence-corrected chi connectivity index (χ2v) is 7.65. The zero-order valence-electron chi connectivity index (χ0n) is 16.2. The predicted molar refractivity (Wildman–Crippen MR) is 118 cm³/mol. The molecule has 2 aromatic rings. The molecule has 6 heteroatoms. The minimum absolute atomic E-state index is 0.0165. The molecule has 1 saturated heterocycles. The van der Waals surface area contributed by atoms with Crippen LogP contribution in [0.3, 0.4) is 0 Å². The number of nitrogens with one attached hydrogen (secondary N) is 1. The lowest BCUT2D eigenvalue weighted by molar-refractivity contribution is 0.0599. The van der Waals surface area contributed by atoms with Crippen LogP contribution in [0.1, 0.15) is 12.8 Å². The van der Waals surface area contributed by atoms with Gasteiger partial charge in [-0.1, -0.05) is 42.5 Å². The molecule has 0 radical (unpaired) electrons. The number of para-hydroxylation sites is 1. The number of nitrogens with zero attached hydrogens (tertiary/aromatic N) is 2. The van der Waals surface area contributed by atoms with Crippen molar-refractivity contribution in [3.05, 3.63) is 48.5 Å². The molecule has 146 valence electrons.